The second-order valence-electron chi connectivity index (χ2n) is 3.37. The predicted molar refractivity (Wildman–Crippen MR) is 56.5 cm³/mol. The Kier molecular flexibility index (Phi) is 3.60. The fourth-order valence-corrected chi connectivity index (χ4v) is 1.32. The number of hydrogen-bond donors (Lipinski definition) is 3. The number of esters is 1. The van der Waals surface area contributed by atoms with Crippen LogP contribution in [0.5, 0.6) is 17.2 Å². The van der Waals surface area contributed by atoms with Gasteiger partial charge in [-0.25, -0.2) is 0 Å². The summed E-state index contributed by atoms with van der Waals surface area (Å²) in [5.41, 5.74) is 0.216. The maximum Gasteiger partial charge on any atom is 0.313 e. The van der Waals surface area contributed by atoms with Gasteiger partial charge in [-0.05, 0) is 19.9 Å². The van der Waals surface area contributed by atoms with Gasteiger partial charge in [0.1, 0.15) is 5.75 Å². The lowest BCUT2D eigenvalue weighted by atomic mass is 9.99. The summed E-state index contributed by atoms with van der Waals surface area (Å²) >= 11 is 0. The molecule has 1 rings (SSSR count). The average molecular weight is 226 g/mol. The number of rotatable bonds is 3. The van der Waals surface area contributed by atoms with E-state index in [-0.39, 0.29) is 23.7 Å². The summed E-state index contributed by atoms with van der Waals surface area (Å²) in [5.74, 6) is -2.27. The van der Waals surface area contributed by atoms with E-state index in [4.69, 9.17) is 9.84 Å². The second-order valence-corrected chi connectivity index (χ2v) is 3.37. The molecule has 0 spiro atoms. The van der Waals surface area contributed by atoms with Crippen LogP contribution in [0.4, 0.5) is 0 Å². The summed E-state index contributed by atoms with van der Waals surface area (Å²) < 4.78 is 4.79. The van der Waals surface area contributed by atoms with Crippen LogP contribution in [0.3, 0.4) is 0 Å². The molecule has 1 aromatic rings. The Morgan fingerprint density at radius 3 is 2.38 bits per heavy atom. The van der Waals surface area contributed by atoms with E-state index in [1.165, 1.54) is 0 Å². The van der Waals surface area contributed by atoms with E-state index in [1.54, 1.807) is 13.8 Å². The molecule has 0 amide bonds. The maximum atomic E-state index is 11.4. The number of carbonyl (C=O) groups is 1. The van der Waals surface area contributed by atoms with Crippen molar-refractivity contribution in [3.05, 3.63) is 17.7 Å². The van der Waals surface area contributed by atoms with Crippen molar-refractivity contribution in [2.45, 2.75) is 19.8 Å². The standard InChI is InChI=1S/C11H14O5/c1-3-16-11(15)6(2)7-4-9(13)10(14)5-8(7)12/h4-6,12-14H,3H2,1-2H3. The van der Waals surface area contributed by atoms with Crippen LogP contribution in [0, 0.1) is 0 Å². The number of carbonyl (C=O) groups excluding carboxylic acids is 1. The number of ether oxygens (including phenoxy) is 1. The number of phenols is 3. The zero-order chi connectivity index (χ0) is 12.3. The highest BCUT2D eigenvalue weighted by molar-refractivity contribution is 5.79. The number of benzene rings is 1. The minimum absolute atomic E-state index is 0.216. The Labute approximate surface area is 92.9 Å². The van der Waals surface area contributed by atoms with Gasteiger partial charge in [-0.3, -0.25) is 4.79 Å². The van der Waals surface area contributed by atoms with E-state index in [0.29, 0.717) is 0 Å². The first-order valence-corrected chi connectivity index (χ1v) is 4.88. The van der Waals surface area contributed by atoms with Gasteiger partial charge in [0.15, 0.2) is 11.5 Å². The van der Waals surface area contributed by atoms with Crippen molar-refractivity contribution >= 4 is 5.97 Å². The second kappa shape index (κ2) is 4.74. The van der Waals surface area contributed by atoms with Crippen molar-refractivity contribution in [2.75, 3.05) is 6.61 Å². The van der Waals surface area contributed by atoms with Crippen LogP contribution < -0.4 is 0 Å². The van der Waals surface area contributed by atoms with Gasteiger partial charge in [-0.2, -0.15) is 0 Å². The Morgan fingerprint density at radius 2 is 1.81 bits per heavy atom. The molecule has 5 nitrogen and oxygen atoms in total. The van der Waals surface area contributed by atoms with Gasteiger partial charge in [0, 0.05) is 11.6 Å². The zero-order valence-electron chi connectivity index (χ0n) is 9.10. The molecule has 0 aliphatic heterocycles. The minimum atomic E-state index is -0.702. The molecule has 0 saturated heterocycles. The van der Waals surface area contributed by atoms with E-state index in [1.807, 2.05) is 0 Å². The molecule has 0 saturated carbocycles. The van der Waals surface area contributed by atoms with Crippen LogP contribution in [-0.4, -0.2) is 27.9 Å². The highest BCUT2D eigenvalue weighted by Gasteiger charge is 2.21. The zero-order valence-corrected chi connectivity index (χ0v) is 9.10. The van der Waals surface area contributed by atoms with Crippen molar-refractivity contribution in [2.24, 2.45) is 0 Å². The van der Waals surface area contributed by atoms with Gasteiger partial charge < -0.3 is 20.1 Å². The summed E-state index contributed by atoms with van der Waals surface area (Å²) in [6.45, 7) is 3.47. The van der Waals surface area contributed by atoms with E-state index in [0.717, 1.165) is 12.1 Å². The smallest absolute Gasteiger partial charge is 0.313 e. The third-order valence-electron chi connectivity index (χ3n) is 2.23. The summed E-state index contributed by atoms with van der Waals surface area (Å²) in [6, 6.07) is 2.13. The van der Waals surface area contributed by atoms with E-state index in [9.17, 15) is 15.0 Å². The Balaban J connectivity index is 3.04. The van der Waals surface area contributed by atoms with Crippen LogP contribution in [-0.2, 0) is 9.53 Å². The maximum absolute atomic E-state index is 11.4. The molecule has 0 heterocycles. The van der Waals surface area contributed by atoms with E-state index in [2.05, 4.69) is 0 Å². The molecule has 0 bridgehead atoms. The van der Waals surface area contributed by atoms with Crippen molar-refractivity contribution in [3.63, 3.8) is 0 Å². The third kappa shape index (κ3) is 2.36. The summed E-state index contributed by atoms with van der Waals surface area (Å²) in [6.07, 6.45) is 0. The van der Waals surface area contributed by atoms with Crippen molar-refractivity contribution in [3.8, 4) is 17.2 Å². The van der Waals surface area contributed by atoms with Crippen LogP contribution >= 0.6 is 0 Å². The highest BCUT2D eigenvalue weighted by atomic mass is 16.5. The lowest BCUT2D eigenvalue weighted by Crippen LogP contribution is -2.13. The topological polar surface area (TPSA) is 87.0 Å². The van der Waals surface area contributed by atoms with Crippen LogP contribution in [0.1, 0.15) is 25.3 Å². The number of aromatic hydroxyl groups is 3. The first kappa shape index (κ1) is 12.2. The molecule has 0 radical (unpaired) electrons. The molecule has 0 aromatic heterocycles. The Hall–Kier alpha value is -1.91. The Morgan fingerprint density at radius 1 is 1.25 bits per heavy atom. The van der Waals surface area contributed by atoms with Crippen molar-refractivity contribution < 1.29 is 24.9 Å². The van der Waals surface area contributed by atoms with Crippen molar-refractivity contribution in [1.82, 2.24) is 0 Å². The molecule has 0 aliphatic carbocycles. The molecular formula is C11H14O5. The van der Waals surface area contributed by atoms with Gasteiger partial charge >= 0.3 is 5.97 Å². The summed E-state index contributed by atoms with van der Waals surface area (Å²) in [7, 11) is 0. The molecule has 5 heteroatoms. The van der Waals surface area contributed by atoms with Gasteiger partial charge in [0.25, 0.3) is 0 Å². The van der Waals surface area contributed by atoms with Crippen LogP contribution in [0.25, 0.3) is 0 Å². The molecule has 1 unspecified atom stereocenters. The highest BCUT2D eigenvalue weighted by Crippen LogP contribution is 2.36. The summed E-state index contributed by atoms with van der Waals surface area (Å²) in [5, 5.41) is 27.9. The lowest BCUT2D eigenvalue weighted by Gasteiger charge is -2.13. The van der Waals surface area contributed by atoms with Gasteiger partial charge in [0.2, 0.25) is 0 Å². The SMILES string of the molecule is CCOC(=O)C(C)c1cc(O)c(O)cc1O. The molecule has 0 fully saturated rings. The number of hydrogen-bond acceptors (Lipinski definition) is 5. The number of phenolic OH excluding ortho intramolecular Hbond substituents is 3. The quantitative estimate of drug-likeness (QED) is 0.412. The third-order valence-corrected chi connectivity index (χ3v) is 2.23. The molecule has 16 heavy (non-hydrogen) atoms. The molecule has 0 aliphatic rings. The van der Waals surface area contributed by atoms with E-state index >= 15 is 0 Å². The van der Waals surface area contributed by atoms with Crippen LogP contribution in [0.15, 0.2) is 12.1 Å². The minimum Gasteiger partial charge on any atom is -0.507 e. The largest absolute Gasteiger partial charge is 0.507 e. The monoisotopic (exact) mass is 226 g/mol. The molecular weight excluding hydrogens is 212 g/mol. The van der Waals surface area contributed by atoms with E-state index < -0.39 is 17.6 Å². The molecule has 1 atom stereocenters. The van der Waals surface area contributed by atoms with Gasteiger partial charge in [0.05, 0.1) is 12.5 Å². The molecule has 3 N–H and O–H groups in total. The molecule has 1 aromatic carbocycles. The fraction of sp³-hybridized carbons (Fsp3) is 0.364. The first-order valence-electron chi connectivity index (χ1n) is 4.88. The first-order chi connectivity index (χ1) is 7.47. The van der Waals surface area contributed by atoms with Crippen LogP contribution in [0.2, 0.25) is 0 Å². The van der Waals surface area contributed by atoms with Gasteiger partial charge in [-0.15, -0.1) is 0 Å². The average Bonchev–Trinajstić information content (AvgIpc) is 2.23. The summed E-state index contributed by atoms with van der Waals surface area (Å²) in [4.78, 5) is 11.4. The Bertz CT molecular complexity index is 400. The lowest BCUT2D eigenvalue weighted by molar-refractivity contribution is -0.144. The van der Waals surface area contributed by atoms with Crippen molar-refractivity contribution in [1.29, 1.82) is 0 Å². The van der Waals surface area contributed by atoms with Gasteiger partial charge in [-0.1, -0.05) is 0 Å². The normalized spacial score (nSPS) is 12.1. The molecule has 88 valence electrons. The predicted octanol–water partition coefficient (Wildman–Crippen LogP) is 1.47. The fourth-order valence-electron chi connectivity index (χ4n) is 1.32.